The lowest BCUT2D eigenvalue weighted by molar-refractivity contribution is 0.245. The number of rotatable bonds is 6. The van der Waals surface area contributed by atoms with E-state index in [-0.39, 0.29) is 0 Å². The smallest absolute Gasteiger partial charge is 0.188 e. The first kappa shape index (κ1) is 19.2. The molecule has 1 aliphatic heterocycles. The van der Waals surface area contributed by atoms with Crippen molar-refractivity contribution in [3.05, 3.63) is 52.9 Å². The molecule has 0 bridgehead atoms. The maximum Gasteiger partial charge on any atom is 0.188 e. The normalized spacial score (nSPS) is 19.9. The van der Waals surface area contributed by atoms with Gasteiger partial charge in [-0.1, -0.05) is 12.8 Å². The number of nitrogens with zero attached hydrogens (tertiary/aromatic N) is 6. The van der Waals surface area contributed by atoms with E-state index in [9.17, 15) is 0 Å². The van der Waals surface area contributed by atoms with Gasteiger partial charge in [0.1, 0.15) is 5.82 Å². The fourth-order valence-corrected chi connectivity index (χ4v) is 5.35. The Morgan fingerprint density at radius 2 is 2.13 bits per heavy atom. The number of nitrogens with one attached hydrogen (secondary N) is 1. The van der Waals surface area contributed by atoms with E-state index >= 15 is 0 Å². The molecule has 8 heteroatoms. The van der Waals surface area contributed by atoms with E-state index in [0.29, 0.717) is 23.5 Å². The van der Waals surface area contributed by atoms with Crippen molar-refractivity contribution in [2.75, 3.05) is 11.9 Å². The Morgan fingerprint density at radius 3 is 3.00 bits per heavy atom. The highest BCUT2D eigenvalue weighted by Gasteiger charge is 2.28. The van der Waals surface area contributed by atoms with Gasteiger partial charge in [-0.3, -0.25) is 9.58 Å². The fourth-order valence-electron chi connectivity index (χ4n) is 4.59. The number of nitriles is 1. The Balaban J connectivity index is 1.25. The lowest BCUT2D eigenvalue weighted by Crippen LogP contribution is -2.22. The van der Waals surface area contributed by atoms with E-state index in [2.05, 4.69) is 42.6 Å². The average Bonchev–Trinajstić information content (AvgIpc) is 3.55. The first-order valence-corrected chi connectivity index (χ1v) is 11.5. The molecule has 0 aromatic carbocycles. The van der Waals surface area contributed by atoms with E-state index in [0.717, 1.165) is 30.3 Å². The van der Waals surface area contributed by atoms with Crippen molar-refractivity contribution in [1.29, 1.82) is 5.26 Å². The lowest BCUT2D eigenvalue weighted by atomic mass is 10.1. The van der Waals surface area contributed by atoms with Gasteiger partial charge in [-0.25, -0.2) is 9.97 Å². The molecule has 1 aliphatic carbocycles. The maximum atomic E-state index is 9.06. The van der Waals surface area contributed by atoms with E-state index in [4.69, 9.17) is 10.2 Å². The number of hydrogen-bond donors (Lipinski definition) is 1. The third-order valence-electron chi connectivity index (χ3n) is 6.09. The monoisotopic (exact) mass is 419 g/mol. The molecular weight excluding hydrogens is 394 g/mol. The summed E-state index contributed by atoms with van der Waals surface area (Å²) in [6.07, 6.45) is 13.4. The Bertz CT molecular complexity index is 1040. The first-order valence-electron chi connectivity index (χ1n) is 10.6. The molecule has 2 fully saturated rings. The van der Waals surface area contributed by atoms with Gasteiger partial charge in [0.05, 0.1) is 35.6 Å². The van der Waals surface area contributed by atoms with Crippen LogP contribution in [0.5, 0.6) is 0 Å². The van der Waals surface area contributed by atoms with Gasteiger partial charge in [0.25, 0.3) is 0 Å². The van der Waals surface area contributed by atoms with Gasteiger partial charge < -0.3 is 5.32 Å². The minimum Gasteiger partial charge on any atom is -0.316 e. The highest BCUT2D eigenvalue weighted by Crippen LogP contribution is 2.35. The molecule has 0 spiro atoms. The summed E-state index contributed by atoms with van der Waals surface area (Å²) in [6, 6.07) is 6.51. The predicted molar refractivity (Wildman–Crippen MR) is 116 cm³/mol. The Labute approximate surface area is 180 Å². The summed E-state index contributed by atoms with van der Waals surface area (Å²) < 4.78 is 2.18. The largest absolute Gasteiger partial charge is 0.316 e. The van der Waals surface area contributed by atoms with Crippen LogP contribution >= 0.6 is 11.3 Å². The highest BCUT2D eigenvalue weighted by molar-refractivity contribution is 7.13. The second kappa shape index (κ2) is 8.54. The highest BCUT2D eigenvalue weighted by atomic mass is 32.1. The summed E-state index contributed by atoms with van der Waals surface area (Å²) in [5.41, 5.74) is 2.99. The molecule has 1 saturated carbocycles. The van der Waals surface area contributed by atoms with Crippen LogP contribution in [-0.2, 0) is 6.54 Å². The van der Waals surface area contributed by atoms with Crippen molar-refractivity contribution in [2.45, 2.75) is 57.2 Å². The zero-order valence-corrected chi connectivity index (χ0v) is 17.7. The predicted octanol–water partition coefficient (Wildman–Crippen LogP) is 4.80. The van der Waals surface area contributed by atoms with Crippen LogP contribution in [0.2, 0.25) is 0 Å². The number of pyridine rings is 1. The molecule has 3 aromatic rings. The second-order valence-electron chi connectivity index (χ2n) is 8.14. The Morgan fingerprint density at radius 1 is 1.23 bits per heavy atom. The molecule has 154 valence electrons. The number of hydrogen-bond acceptors (Lipinski definition) is 7. The summed E-state index contributed by atoms with van der Waals surface area (Å²) in [4.78, 5) is 11.6. The zero-order chi connectivity index (χ0) is 20.3. The maximum absolute atomic E-state index is 9.06. The third-order valence-corrected chi connectivity index (χ3v) is 6.87. The lowest BCUT2D eigenvalue weighted by Gasteiger charge is -2.22. The van der Waals surface area contributed by atoms with Crippen molar-refractivity contribution in [3.8, 4) is 6.07 Å². The van der Waals surface area contributed by atoms with Crippen LogP contribution in [-0.4, -0.2) is 31.2 Å². The van der Waals surface area contributed by atoms with Crippen molar-refractivity contribution in [2.24, 2.45) is 0 Å². The molecule has 2 aliphatic rings. The van der Waals surface area contributed by atoms with Crippen LogP contribution in [0.4, 0.5) is 10.9 Å². The van der Waals surface area contributed by atoms with Crippen molar-refractivity contribution in [1.82, 2.24) is 24.6 Å². The van der Waals surface area contributed by atoms with E-state index < -0.39 is 0 Å². The molecule has 7 nitrogen and oxygen atoms in total. The van der Waals surface area contributed by atoms with Crippen LogP contribution in [0.25, 0.3) is 0 Å². The Kier molecular flexibility index (Phi) is 5.47. The molecule has 3 aromatic heterocycles. The minimum atomic E-state index is 0.338. The van der Waals surface area contributed by atoms with E-state index in [1.165, 1.54) is 37.7 Å². The molecule has 0 amide bonds. The summed E-state index contributed by atoms with van der Waals surface area (Å²) in [7, 11) is 0. The average molecular weight is 420 g/mol. The quantitative estimate of drug-likeness (QED) is 0.618. The molecule has 1 N–H and O–H groups in total. The van der Waals surface area contributed by atoms with Crippen LogP contribution in [0.3, 0.4) is 0 Å². The molecule has 1 atom stereocenters. The first-order chi connectivity index (χ1) is 14.8. The van der Waals surface area contributed by atoms with Crippen LogP contribution in [0.15, 0.2) is 36.1 Å². The van der Waals surface area contributed by atoms with Crippen LogP contribution in [0.1, 0.15) is 67.4 Å². The summed E-state index contributed by atoms with van der Waals surface area (Å²) in [6.45, 7) is 2.01. The SMILES string of the molecule is N#Cc1ccnc(Nc2nc([C@@H]3CCCN3Cc3cnn(C4CCCC4)c3)cs2)c1. The van der Waals surface area contributed by atoms with Gasteiger partial charge in [0, 0.05) is 29.9 Å². The van der Waals surface area contributed by atoms with Crippen LogP contribution in [0, 0.1) is 11.3 Å². The van der Waals surface area contributed by atoms with Gasteiger partial charge in [-0.2, -0.15) is 10.4 Å². The summed E-state index contributed by atoms with van der Waals surface area (Å²) >= 11 is 1.59. The van der Waals surface area contributed by atoms with Gasteiger partial charge in [-0.15, -0.1) is 11.3 Å². The fraction of sp³-hybridized carbons (Fsp3) is 0.455. The van der Waals surface area contributed by atoms with Crippen molar-refractivity contribution >= 4 is 22.3 Å². The van der Waals surface area contributed by atoms with Gasteiger partial charge >= 0.3 is 0 Å². The second-order valence-corrected chi connectivity index (χ2v) is 9.00. The standard InChI is InChI=1S/C22H25N7S/c23-11-16-7-8-24-21(10-16)27-22-26-19(15-30-22)20-6-3-9-28(20)13-17-12-25-29(14-17)18-4-1-2-5-18/h7-8,10,12,14-15,18,20H,1-6,9,13H2,(H,24,26,27)/t20-/m0/s1. The molecule has 5 rings (SSSR count). The zero-order valence-electron chi connectivity index (χ0n) is 16.9. The van der Waals surface area contributed by atoms with Crippen molar-refractivity contribution < 1.29 is 0 Å². The van der Waals surface area contributed by atoms with E-state index in [1.807, 2.05) is 6.20 Å². The van der Waals surface area contributed by atoms with Gasteiger partial charge in [0.15, 0.2) is 5.13 Å². The number of anilines is 2. The number of likely N-dealkylation sites (tertiary alicyclic amines) is 1. The number of thiazole rings is 1. The summed E-state index contributed by atoms with van der Waals surface area (Å²) in [5.74, 6) is 0.651. The molecular formula is C22H25N7S. The topological polar surface area (TPSA) is 82.7 Å². The summed E-state index contributed by atoms with van der Waals surface area (Å²) in [5, 5.41) is 19.9. The molecule has 1 saturated heterocycles. The minimum absolute atomic E-state index is 0.338. The van der Waals surface area contributed by atoms with Crippen LogP contribution < -0.4 is 5.32 Å². The third kappa shape index (κ3) is 4.09. The molecule has 0 radical (unpaired) electrons. The van der Waals surface area contributed by atoms with Gasteiger partial charge in [-0.05, 0) is 44.4 Å². The molecule has 0 unspecified atom stereocenters. The molecule has 30 heavy (non-hydrogen) atoms. The van der Waals surface area contributed by atoms with Crippen molar-refractivity contribution in [3.63, 3.8) is 0 Å². The van der Waals surface area contributed by atoms with E-state index in [1.54, 1.807) is 29.7 Å². The Hall–Kier alpha value is -2.76. The number of aromatic nitrogens is 4. The van der Waals surface area contributed by atoms with Gasteiger partial charge in [0.2, 0.25) is 0 Å². The molecule has 4 heterocycles.